The molecule has 2 atom stereocenters. The highest BCUT2D eigenvalue weighted by Gasteiger charge is 2.23. The first kappa shape index (κ1) is 36.3. The van der Waals surface area contributed by atoms with E-state index in [0.29, 0.717) is 17.3 Å². The quantitative estimate of drug-likeness (QED) is 0.0367. The predicted molar refractivity (Wildman–Crippen MR) is 231 cm³/mol. The molecule has 0 saturated heterocycles. The zero-order valence-corrected chi connectivity index (χ0v) is 32.4. The number of alkyl halides is 1. The molecule has 2 aliphatic carbocycles. The second kappa shape index (κ2) is 17.2. The fourth-order valence-electron chi connectivity index (χ4n) is 6.63. The molecular weight excluding hydrogens is 784 g/mol. The molecule has 2 aliphatic rings. The number of anilines is 3. The predicted octanol–water partition coefficient (Wildman–Crippen LogP) is 9.68. The Bertz CT molecular complexity index is 2190. The Morgan fingerprint density at radius 2 is 1.25 bits per heavy atom. The second-order valence-corrected chi connectivity index (χ2v) is 13.5. The lowest BCUT2D eigenvalue weighted by Gasteiger charge is -2.15. The lowest BCUT2D eigenvalue weighted by molar-refractivity contribution is 0.758. The van der Waals surface area contributed by atoms with Gasteiger partial charge >= 0.3 is 0 Å². The van der Waals surface area contributed by atoms with Crippen molar-refractivity contribution in [3.63, 3.8) is 0 Å². The molecule has 11 heteroatoms. The number of nitrogens with two attached hydrogens (primary N) is 2. The third-order valence-corrected chi connectivity index (χ3v) is 9.60. The Hall–Kier alpha value is -4.46. The number of thioether (sulfide) groups is 1. The van der Waals surface area contributed by atoms with E-state index in [9.17, 15) is 0 Å². The maximum absolute atomic E-state index is 5.79. The van der Waals surface area contributed by atoms with E-state index in [2.05, 4.69) is 104 Å². The van der Waals surface area contributed by atoms with Crippen molar-refractivity contribution in [1.82, 2.24) is 9.97 Å². The number of hydrogen-bond donors (Lipinski definition) is 5. The molecule has 2 heterocycles. The Morgan fingerprint density at radius 3 is 1.80 bits per heavy atom. The van der Waals surface area contributed by atoms with Crippen LogP contribution in [0.1, 0.15) is 47.2 Å². The molecular formula is C40H41IN8S2. The van der Waals surface area contributed by atoms with Gasteiger partial charge in [-0.2, -0.15) is 0 Å². The topological polar surface area (TPSA) is 126 Å². The summed E-state index contributed by atoms with van der Waals surface area (Å²) in [5.41, 5.74) is 20.6. The summed E-state index contributed by atoms with van der Waals surface area (Å²) < 4.78 is 0. The molecule has 0 unspecified atom stereocenters. The molecule has 7 N–H and O–H groups in total. The van der Waals surface area contributed by atoms with Gasteiger partial charge in [0.25, 0.3) is 0 Å². The van der Waals surface area contributed by atoms with Crippen LogP contribution in [0.15, 0.2) is 114 Å². The Kier molecular flexibility index (Phi) is 12.2. The van der Waals surface area contributed by atoms with Gasteiger partial charge in [0.2, 0.25) is 0 Å². The number of thiocarbonyl (C=S) groups is 1. The number of fused-ring (bicyclic) bond motifs is 4. The number of nitrogens with one attached hydrogen (secondary N) is 3. The average Bonchev–Trinajstić information content (AvgIpc) is 3.76. The minimum atomic E-state index is 0.264. The molecule has 8 nitrogen and oxygen atoms in total. The van der Waals surface area contributed by atoms with Crippen LogP contribution in [-0.2, 0) is 12.8 Å². The lowest BCUT2D eigenvalue weighted by atomic mass is 10.1. The summed E-state index contributed by atoms with van der Waals surface area (Å²) in [4.78, 5) is 15.8. The van der Waals surface area contributed by atoms with E-state index in [1.54, 1.807) is 0 Å². The number of halogens is 1. The highest BCUT2D eigenvalue weighted by atomic mass is 127. The van der Waals surface area contributed by atoms with Crippen molar-refractivity contribution in [2.24, 2.45) is 16.5 Å². The van der Waals surface area contributed by atoms with Gasteiger partial charge in [0, 0.05) is 16.5 Å². The molecule has 0 fully saturated rings. The van der Waals surface area contributed by atoms with Gasteiger partial charge in [-0.3, -0.25) is 0 Å². The molecule has 0 amide bonds. The van der Waals surface area contributed by atoms with E-state index in [1.807, 2.05) is 59.7 Å². The summed E-state index contributed by atoms with van der Waals surface area (Å²) in [6.07, 6.45) is 6.38. The Labute approximate surface area is 322 Å². The first-order valence-corrected chi connectivity index (χ1v) is 20.5. The summed E-state index contributed by atoms with van der Waals surface area (Å²) >= 11 is 8.47. The molecule has 0 radical (unpaired) electrons. The van der Waals surface area contributed by atoms with Crippen LogP contribution < -0.4 is 27.4 Å². The minimum Gasteiger partial charge on any atom is -0.378 e. The van der Waals surface area contributed by atoms with E-state index in [0.717, 1.165) is 70.5 Å². The molecule has 0 saturated carbocycles. The van der Waals surface area contributed by atoms with Crippen LogP contribution in [0.2, 0.25) is 0 Å². The number of hydrogen-bond acceptors (Lipinski definition) is 7. The SMILES string of the molecule is CI.CSC(N)=Nc1ccc2nc(N[C@@H]3CCc4ccccc43)ccc2c1.NC(=S)Nc1ccc2nc(N[C@@H]3CCc4ccccc43)ccc2c1. The van der Waals surface area contributed by atoms with Gasteiger partial charge in [-0.25, -0.2) is 15.0 Å². The number of nitrogens with zero attached hydrogens (tertiary/aromatic N) is 3. The number of aliphatic imine (C=N–C) groups is 1. The molecule has 6 aromatic rings. The summed E-state index contributed by atoms with van der Waals surface area (Å²) in [6.45, 7) is 0. The summed E-state index contributed by atoms with van der Waals surface area (Å²) in [5, 5.41) is 13.0. The third kappa shape index (κ3) is 9.07. The number of amidine groups is 1. The number of pyridine rings is 2. The highest BCUT2D eigenvalue weighted by molar-refractivity contribution is 14.1. The maximum Gasteiger partial charge on any atom is 0.168 e. The molecule has 8 rings (SSSR count). The van der Waals surface area contributed by atoms with E-state index < -0.39 is 0 Å². The molecule has 0 spiro atoms. The van der Waals surface area contributed by atoms with Crippen LogP contribution in [0.5, 0.6) is 0 Å². The first-order chi connectivity index (χ1) is 24.9. The van der Waals surface area contributed by atoms with E-state index >= 15 is 0 Å². The van der Waals surface area contributed by atoms with Gasteiger partial charge in [0.05, 0.1) is 28.8 Å². The van der Waals surface area contributed by atoms with Gasteiger partial charge in [0.1, 0.15) is 11.6 Å². The molecule has 0 bridgehead atoms. The number of benzene rings is 4. The maximum atomic E-state index is 5.79. The van der Waals surface area contributed by atoms with E-state index in [-0.39, 0.29) is 5.11 Å². The van der Waals surface area contributed by atoms with Crippen molar-refractivity contribution in [1.29, 1.82) is 0 Å². The van der Waals surface area contributed by atoms with Gasteiger partial charge in [-0.15, -0.1) is 0 Å². The highest BCUT2D eigenvalue weighted by Crippen LogP contribution is 2.35. The van der Waals surface area contributed by atoms with Crippen molar-refractivity contribution in [2.45, 2.75) is 37.8 Å². The second-order valence-electron chi connectivity index (χ2n) is 12.2. The Morgan fingerprint density at radius 1 is 0.725 bits per heavy atom. The fourth-order valence-corrected chi connectivity index (χ4v) is 6.95. The molecule has 51 heavy (non-hydrogen) atoms. The van der Waals surface area contributed by atoms with Crippen LogP contribution in [0.3, 0.4) is 0 Å². The summed E-state index contributed by atoms with van der Waals surface area (Å²) in [5.74, 6) is 1.81. The van der Waals surface area contributed by atoms with E-state index in [1.165, 1.54) is 34.0 Å². The summed E-state index contributed by atoms with van der Waals surface area (Å²) in [6, 6.07) is 38.0. The minimum absolute atomic E-state index is 0.264. The normalized spacial score (nSPS) is 15.9. The third-order valence-electron chi connectivity index (χ3n) is 8.99. The van der Waals surface area contributed by atoms with Crippen LogP contribution in [-0.4, -0.2) is 31.4 Å². The van der Waals surface area contributed by atoms with Crippen LogP contribution in [0.25, 0.3) is 21.8 Å². The number of aryl methyl sites for hydroxylation is 2. The van der Waals surface area contributed by atoms with E-state index in [4.69, 9.17) is 33.7 Å². The van der Waals surface area contributed by atoms with Crippen molar-refractivity contribution in [3.8, 4) is 0 Å². The van der Waals surface area contributed by atoms with Gasteiger partial charge in [-0.1, -0.05) is 82.9 Å². The summed E-state index contributed by atoms with van der Waals surface area (Å²) in [7, 11) is 0. The van der Waals surface area contributed by atoms with Crippen LogP contribution in [0.4, 0.5) is 23.0 Å². The van der Waals surface area contributed by atoms with Crippen LogP contribution >= 0.6 is 46.6 Å². The van der Waals surface area contributed by atoms with Crippen molar-refractivity contribution < 1.29 is 0 Å². The van der Waals surface area contributed by atoms with Gasteiger partial charge in [-0.05, 0) is 132 Å². The zero-order valence-electron chi connectivity index (χ0n) is 28.6. The standard InChI is InChI=1S/C20H20N4S.C19H18N4S.CH3I/c1-25-20(21)22-15-8-10-17-14(12-15)7-11-19(23-17)24-18-9-6-13-4-2-3-5-16(13)18;20-19(24)21-14-7-9-16-13(11-14)6-10-18(22-16)23-17-8-5-12-3-1-2-4-15(12)17;1-2/h2-5,7-8,10-12,18H,6,9H2,1H3,(H2,21,22)(H,23,24);1-4,6-7,9-11,17H,5,8H2,(H,22,23)(H3,20,21,24);1H3/t18-;17-;/m11./s1. The first-order valence-electron chi connectivity index (χ1n) is 16.7. The zero-order chi connectivity index (χ0) is 35.7. The Balaban J connectivity index is 0.000000168. The monoisotopic (exact) mass is 824 g/mol. The van der Waals surface area contributed by atoms with Crippen molar-refractivity contribution >= 4 is 102 Å². The lowest BCUT2D eigenvalue weighted by Crippen LogP contribution is -2.18. The van der Waals surface area contributed by atoms with Crippen molar-refractivity contribution in [3.05, 3.63) is 131 Å². The number of rotatable bonds is 6. The molecule has 2 aromatic heterocycles. The fraction of sp³-hybridized carbons (Fsp3) is 0.200. The number of aromatic nitrogens is 2. The van der Waals surface area contributed by atoms with Gasteiger partial charge < -0.3 is 27.4 Å². The largest absolute Gasteiger partial charge is 0.378 e. The van der Waals surface area contributed by atoms with Crippen molar-refractivity contribution in [2.75, 3.05) is 27.1 Å². The van der Waals surface area contributed by atoms with Crippen LogP contribution in [0, 0.1) is 0 Å². The molecule has 4 aromatic carbocycles. The smallest absolute Gasteiger partial charge is 0.168 e. The van der Waals surface area contributed by atoms with Gasteiger partial charge in [0.15, 0.2) is 10.3 Å². The molecule has 0 aliphatic heterocycles. The molecule has 260 valence electrons. The average molecular weight is 825 g/mol.